The van der Waals surface area contributed by atoms with E-state index in [1.807, 2.05) is 13.1 Å². The fourth-order valence-corrected chi connectivity index (χ4v) is 3.22. The van der Waals surface area contributed by atoms with Crippen LogP contribution in [0.3, 0.4) is 0 Å². The first-order valence-corrected chi connectivity index (χ1v) is 8.06. The van der Waals surface area contributed by atoms with Crippen molar-refractivity contribution >= 4 is 31.8 Å². The predicted octanol–water partition coefficient (Wildman–Crippen LogP) is 0.910. The lowest BCUT2D eigenvalue weighted by molar-refractivity contribution is 0.561. The standard InChI is InChI=1S/C11H14BrN5O2S/c1-8-5-15-17(7-8)3-2-16-20(18,19)10-4-9(12)6-14-11(10)13/h4-7,16H,2-3H2,1H3,(H2,13,14). The Balaban J connectivity index is 2.06. The van der Waals surface area contributed by atoms with Gasteiger partial charge in [-0.05, 0) is 34.5 Å². The SMILES string of the molecule is Cc1cnn(CCNS(=O)(=O)c2cc(Br)cnc2N)c1. The van der Waals surface area contributed by atoms with Crippen LogP contribution in [-0.2, 0) is 16.6 Å². The van der Waals surface area contributed by atoms with E-state index in [9.17, 15) is 8.42 Å². The predicted molar refractivity (Wildman–Crippen MR) is 78.5 cm³/mol. The van der Waals surface area contributed by atoms with E-state index in [1.165, 1.54) is 12.3 Å². The minimum atomic E-state index is -3.69. The normalized spacial score (nSPS) is 11.7. The monoisotopic (exact) mass is 359 g/mol. The molecule has 0 aliphatic rings. The lowest BCUT2D eigenvalue weighted by Crippen LogP contribution is -2.28. The van der Waals surface area contributed by atoms with Crippen molar-refractivity contribution in [2.45, 2.75) is 18.4 Å². The molecule has 0 amide bonds. The van der Waals surface area contributed by atoms with Gasteiger partial charge in [0, 0.05) is 23.4 Å². The van der Waals surface area contributed by atoms with Crippen LogP contribution in [0, 0.1) is 6.92 Å². The number of aromatic nitrogens is 3. The van der Waals surface area contributed by atoms with E-state index < -0.39 is 10.0 Å². The minimum absolute atomic E-state index is 0.0318. The summed E-state index contributed by atoms with van der Waals surface area (Å²) in [6, 6.07) is 1.42. The van der Waals surface area contributed by atoms with Crippen LogP contribution in [0.1, 0.15) is 5.56 Å². The molecule has 0 spiro atoms. The van der Waals surface area contributed by atoms with Crippen LogP contribution in [0.2, 0.25) is 0 Å². The Labute approximate surface area is 125 Å². The molecule has 7 nitrogen and oxygen atoms in total. The maximum Gasteiger partial charge on any atom is 0.244 e. The van der Waals surface area contributed by atoms with Crippen LogP contribution in [0.15, 0.2) is 34.0 Å². The van der Waals surface area contributed by atoms with E-state index in [0.29, 0.717) is 11.0 Å². The van der Waals surface area contributed by atoms with Crippen LogP contribution in [0.25, 0.3) is 0 Å². The molecule has 2 rings (SSSR count). The van der Waals surface area contributed by atoms with Gasteiger partial charge in [0.1, 0.15) is 10.7 Å². The van der Waals surface area contributed by atoms with Crippen molar-refractivity contribution < 1.29 is 8.42 Å². The number of aryl methyl sites for hydroxylation is 1. The fourth-order valence-electron chi connectivity index (χ4n) is 1.61. The number of anilines is 1. The molecule has 20 heavy (non-hydrogen) atoms. The zero-order valence-electron chi connectivity index (χ0n) is 10.7. The Hall–Kier alpha value is -1.45. The summed E-state index contributed by atoms with van der Waals surface area (Å²) in [6.45, 7) is 2.57. The second-order valence-electron chi connectivity index (χ2n) is 4.22. The number of nitrogens with one attached hydrogen (secondary N) is 1. The molecule has 0 radical (unpaired) electrons. The number of nitrogens with zero attached hydrogens (tertiary/aromatic N) is 3. The molecule has 3 N–H and O–H groups in total. The van der Waals surface area contributed by atoms with Crippen LogP contribution in [-0.4, -0.2) is 29.7 Å². The van der Waals surface area contributed by atoms with E-state index in [-0.39, 0.29) is 17.3 Å². The summed E-state index contributed by atoms with van der Waals surface area (Å²) in [5.74, 6) is -0.0318. The molecule has 0 aliphatic heterocycles. The molecule has 0 unspecified atom stereocenters. The van der Waals surface area contributed by atoms with Gasteiger partial charge >= 0.3 is 0 Å². The van der Waals surface area contributed by atoms with E-state index in [2.05, 4.69) is 30.7 Å². The summed E-state index contributed by atoms with van der Waals surface area (Å²) in [4.78, 5) is 3.77. The first-order chi connectivity index (χ1) is 9.38. The molecule has 2 aromatic rings. The highest BCUT2D eigenvalue weighted by atomic mass is 79.9. The molecule has 108 valence electrons. The number of pyridine rings is 1. The zero-order chi connectivity index (χ0) is 14.8. The molecule has 0 bridgehead atoms. The van der Waals surface area contributed by atoms with Gasteiger partial charge in [0.05, 0.1) is 12.7 Å². The van der Waals surface area contributed by atoms with Gasteiger partial charge in [0.2, 0.25) is 10.0 Å². The van der Waals surface area contributed by atoms with Crippen molar-refractivity contribution in [2.75, 3.05) is 12.3 Å². The van der Waals surface area contributed by atoms with Gasteiger partial charge in [-0.2, -0.15) is 5.10 Å². The quantitative estimate of drug-likeness (QED) is 0.825. The second kappa shape index (κ2) is 5.90. The van der Waals surface area contributed by atoms with E-state index in [1.54, 1.807) is 10.9 Å². The van der Waals surface area contributed by atoms with E-state index in [4.69, 9.17) is 5.73 Å². The molecule has 0 saturated heterocycles. The highest BCUT2D eigenvalue weighted by molar-refractivity contribution is 9.10. The van der Waals surface area contributed by atoms with Crippen molar-refractivity contribution in [3.63, 3.8) is 0 Å². The molecule has 0 saturated carbocycles. The molecule has 0 aromatic carbocycles. The summed E-state index contributed by atoms with van der Waals surface area (Å²) < 4.78 is 28.9. The zero-order valence-corrected chi connectivity index (χ0v) is 13.1. The highest BCUT2D eigenvalue weighted by Crippen LogP contribution is 2.20. The molecule has 0 fully saturated rings. The summed E-state index contributed by atoms with van der Waals surface area (Å²) in [5.41, 5.74) is 6.61. The van der Waals surface area contributed by atoms with Gasteiger partial charge in [0.15, 0.2) is 0 Å². The average molecular weight is 360 g/mol. The molecule has 2 aromatic heterocycles. The number of sulfonamides is 1. The van der Waals surface area contributed by atoms with Crippen molar-refractivity contribution in [2.24, 2.45) is 0 Å². The second-order valence-corrected chi connectivity index (χ2v) is 6.87. The lowest BCUT2D eigenvalue weighted by Gasteiger charge is -2.09. The highest BCUT2D eigenvalue weighted by Gasteiger charge is 2.18. The number of hydrogen-bond donors (Lipinski definition) is 2. The van der Waals surface area contributed by atoms with Crippen LogP contribution in [0.4, 0.5) is 5.82 Å². The van der Waals surface area contributed by atoms with Crippen molar-refractivity contribution in [1.29, 1.82) is 0 Å². The number of nitrogen functional groups attached to an aromatic ring is 1. The van der Waals surface area contributed by atoms with Gasteiger partial charge in [-0.15, -0.1) is 0 Å². The first-order valence-electron chi connectivity index (χ1n) is 5.78. The molecule has 0 atom stereocenters. The maximum absolute atomic E-state index is 12.1. The molecular formula is C11H14BrN5O2S. The number of halogens is 1. The van der Waals surface area contributed by atoms with Gasteiger partial charge in [-0.3, -0.25) is 4.68 Å². The largest absolute Gasteiger partial charge is 0.383 e. The Morgan fingerprint density at radius 2 is 2.20 bits per heavy atom. The molecular weight excluding hydrogens is 346 g/mol. The Kier molecular flexibility index (Phi) is 4.41. The van der Waals surface area contributed by atoms with Crippen LogP contribution >= 0.6 is 15.9 Å². The van der Waals surface area contributed by atoms with Crippen molar-refractivity contribution in [3.8, 4) is 0 Å². The van der Waals surface area contributed by atoms with Gasteiger partial charge in [0.25, 0.3) is 0 Å². The maximum atomic E-state index is 12.1. The van der Waals surface area contributed by atoms with Crippen LogP contribution in [0.5, 0.6) is 0 Å². The minimum Gasteiger partial charge on any atom is -0.383 e. The van der Waals surface area contributed by atoms with E-state index in [0.717, 1.165) is 5.56 Å². The fraction of sp³-hybridized carbons (Fsp3) is 0.273. The Bertz CT molecular complexity index is 713. The van der Waals surface area contributed by atoms with Gasteiger partial charge in [-0.1, -0.05) is 0 Å². The Morgan fingerprint density at radius 1 is 1.45 bits per heavy atom. The third kappa shape index (κ3) is 3.56. The first kappa shape index (κ1) is 14.9. The summed E-state index contributed by atoms with van der Waals surface area (Å²) in [7, 11) is -3.69. The summed E-state index contributed by atoms with van der Waals surface area (Å²) in [6.07, 6.45) is 4.99. The number of rotatable bonds is 5. The third-order valence-corrected chi connectivity index (χ3v) is 4.46. The summed E-state index contributed by atoms with van der Waals surface area (Å²) >= 11 is 3.17. The molecule has 9 heteroatoms. The molecule has 0 aliphatic carbocycles. The average Bonchev–Trinajstić information content (AvgIpc) is 2.78. The Morgan fingerprint density at radius 3 is 2.85 bits per heavy atom. The molecule has 2 heterocycles. The number of nitrogens with two attached hydrogens (primary N) is 1. The van der Waals surface area contributed by atoms with Crippen molar-refractivity contribution in [3.05, 3.63) is 34.7 Å². The van der Waals surface area contributed by atoms with E-state index >= 15 is 0 Å². The van der Waals surface area contributed by atoms with Crippen LogP contribution < -0.4 is 10.5 Å². The third-order valence-electron chi connectivity index (χ3n) is 2.53. The lowest BCUT2D eigenvalue weighted by atomic mass is 10.4. The summed E-state index contributed by atoms with van der Waals surface area (Å²) in [5, 5.41) is 4.08. The van der Waals surface area contributed by atoms with Gasteiger partial charge in [-0.25, -0.2) is 18.1 Å². The van der Waals surface area contributed by atoms with Gasteiger partial charge < -0.3 is 5.73 Å². The number of hydrogen-bond acceptors (Lipinski definition) is 5. The topological polar surface area (TPSA) is 103 Å². The van der Waals surface area contributed by atoms with Crippen molar-refractivity contribution in [1.82, 2.24) is 19.5 Å². The smallest absolute Gasteiger partial charge is 0.244 e.